The first kappa shape index (κ1) is 12.3. The molecule has 3 rings (SSSR count). The molecule has 3 aliphatic rings. The summed E-state index contributed by atoms with van der Waals surface area (Å²) >= 11 is 2.08. The highest BCUT2D eigenvalue weighted by molar-refractivity contribution is 7.99. The van der Waals surface area contributed by atoms with Crippen LogP contribution in [-0.4, -0.2) is 53.3 Å². The summed E-state index contributed by atoms with van der Waals surface area (Å²) in [4.78, 5) is 2.58. The van der Waals surface area contributed by atoms with Crippen molar-refractivity contribution in [2.24, 2.45) is 5.73 Å². The minimum absolute atomic E-state index is 0.0634. The fourth-order valence-corrected chi connectivity index (χ4v) is 4.78. The third-order valence-corrected chi connectivity index (χ3v) is 5.50. The normalized spacial score (nSPS) is 36.7. The summed E-state index contributed by atoms with van der Waals surface area (Å²) in [5.41, 5.74) is 6.39. The molecule has 3 saturated heterocycles. The van der Waals surface area contributed by atoms with E-state index in [4.69, 9.17) is 10.5 Å². The highest BCUT2D eigenvalue weighted by Gasteiger charge is 2.45. The molecule has 2 N–H and O–H groups in total. The zero-order valence-corrected chi connectivity index (χ0v) is 11.6. The largest absolute Gasteiger partial charge is 0.375 e. The quantitative estimate of drug-likeness (QED) is 0.771. The topological polar surface area (TPSA) is 38.5 Å². The van der Waals surface area contributed by atoms with E-state index in [1.165, 1.54) is 37.2 Å². The molecular weight excluding hydrogens is 232 g/mol. The molecule has 1 unspecified atom stereocenters. The van der Waals surface area contributed by atoms with Crippen molar-refractivity contribution in [3.63, 3.8) is 0 Å². The summed E-state index contributed by atoms with van der Waals surface area (Å²) in [5.74, 6) is 2.56. The van der Waals surface area contributed by atoms with Crippen LogP contribution in [-0.2, 0) is 4.74 Å². The van der Waals surface area contributed by atoms with Crippen LogP contribution in [0.15, 0.2) is 0 Å². The molecule has 3 fully saturated rings. The van der Waals surface area contributed by atoms with E-state index in [1.807, 2.05) is 0 Å². The van der Waals surface area contributed by atoms with Gasteiger partial charge in [-0.15, -0.1) is 0 Å². The highest BCUT2D eigenvalue weighted by atomic mass is 32.2. The maximum Gasteiger partial charge on any atom is 0.0713 e. The van der Waals surface area contributed by atoms with Crippen molar-refractivity contribution in [2.45, 2.75) is 49.8 Å². The van der Waals surface area contributed by atoms with Crippen molar-refractivity contribution in [2.75, 3.05) is 31.2 Å². The first-order valence-corrected chi connectivity index (χ1v) is 7.99. The van der Waals surface area contributed by atoms with E-state index in [-0.39, 0.29) is 11.1 Å². The van der Waals surface area contributed by atoms with Gasteiger partial charge in [0, 0.05) is 31.3 Å². The van der Waals surface area contributed by atoms with Gasteiger partial charge in [0.05, 0.1) is 5.60 Å². The molecule has 0 bridgehead atoms. The summed E-state index contributed by atoms with van der Waals surface area (Å²) in [5, 5.41) is 0. The lowest BCUT2D eigenvalue weighted by Crippen LogP contribution is -2.69. The molecule has 3 heterocycles. The Morgan fingerprint density at radius 1 is 1.29 bits per heavy atom. The van der Waals surface area contributed by atoms with Gasteiger partial charge in [0.2, 0.25) is 0 Å². The molecule has 1 spiro atoms. The minimum Gasteiger partial charge on any atom is -0.375 e. The van der Waals surface area contributed by atoms with Crippen LogP contribution in [0.5, 0.6) is 0 Å². The third kappa shape index (κ3) is 2.50. The standard InChI is InChI=1S/C13H24N2OS/c1-12(14)9-15(10-12)11-2-5-16-13(8-11)3-6-17-7-4-13/h11H,2-10,14H2,1H3. The highest BCUT2D eigenvalue weighted by Crippen LogP contribution is 2.40. The van der Waals surface area contributed by atoms with Crippen molar-refractivity contribution in [1.29, 1.82) is 0 Å². The predicted molar refractivity (Wildman–Crippen MR) is 72.4 cm³/mol. The Morgan fingerprint density at radius 2 is 2.00 bits per heavy atom. The number of nitrogens with zero attached hydrogens (tertiary/aromatic N) is 1. The maximum atomic E-state index is 6.14. The summed E-state index contributed by atoms with van der Waals surface area (Å²) in [6.07, 6.45) is 4.94. The zero-order chi connectivity index (χ0) is 11.9. The van der Waals surface area contributed by atoms with Crippen LogP contribution in [0, 0.1) is 0 Å². The van der Waals surface area contributed by atoms with Gasteiger partial charge in [0.1, 0.15) is 0 Å². The lowest BCUT2D eigenvalue weighted by Gasteiger charge is -2.54. The smallest absolute Gasteiger partial charge is 0.0713 e. The van der Waals surface area contributed by atoms with Crippen molar-refractivity contribution in [1.82, 2.24) is 4.90 Å². The van der Waals surface area contributed by atoms with Crippen molar-refractivity contribution in [3.8, 4) is 0 Å². The molecule has 17 heavy (non-hydrogen) atoms. The number of hydrogen-bond donors (Lipinski definition) is 1. The average molecular weight is 256 g/mol. The molecule has 3 nitrogen and oxygen atoms in total. The van der Waals surface area contributed by atoms with Gasteiger partial charge in [0.15, 0.2) is 0 Å². The van der Waals surface area contributed by atoms with Crippen molar-refractivity contribution in [3.05, 3.63) is 0 Å². The van der Waals surface area contributed by atoms with E-state index < -0.39 is 0 Å². The number of likely N-dealkylation sites (tertiary alicyclic amines) is 1. The van der Waals surface area contributed by atoms with E-state index >= 15 is 0 Å². The van der Waals surface area contributed by atoms with E-state index in [0.29, 0.717) is 0 Å². The van der Waals surface area contributed by atoms with Crippen LogP contribution < -0.4 is 5.73 Å². The summed E-state index contributed by atoms with van der Waals surface area (Å²) < 4.78 is 6.14. The molecule has 0 amide bonds. The second-order valence-corrected chi connectivity index (χ2v) is 7.57. The molecule has 4 heteroatoms. The molecule has 98 valence electrons. The first-order valence-electron chi connectivity index (χ1n) is 6.83. The molecule has 0 aliphatic carbocycles. The molecular formula is C13H24N2OS. The van der Waals surface area contributed by atoms with E-state index in [1.54, 1.807) is 0 Å². The summed E-state index contributed by atoms with van der Waals surface area (Å²) in [6, 6.07) is 0.725. The van der Waals surface area contributed by atoms with E-state index in [2.05, 4.69) is 23.6 Å². The SMILES string of the molecule is CC1(N)CN(C2CCOC3(CCSCC3)C2)C1. The monoisotopic (exact) mass is 256 g/mol. The fraction of sp³-hybridized carbons (Fsp3) is 1.00. The Hall–Kier alpha value is 0.230. The van der Waals surface area contributed by atoms with Gasteiger partial charge >= 0.3 is 0 Å². The number of hydrogen-bond acceptors (Lipinski definition) is 4. The Bertz CT molecular complexity index is 276. The maximum absolute atomic E-state index is 6.14. The number of nitrogens with two attached hydrogens (primary N) is 1. The van der Waals surface area contributed by atoms with Gasteiger partial charge in [0.25, 0.3) is 0 Å². The average Bonchev–Trinajstić information content (AvgIpc) is 2.27. The van der Waals surface area contributed by atoms with Crippen LogP contribution in [0.4, 0.5) is 0 Å². The van der Waals surface area contributed by atoms with E-state index in [0.717, 1.165) is 25.7 Å². The molecule has 0 aromatic carbocycles. The minimum atomic E-state index is 0.0634. The van der Waals surface area contributed by atoms with Crippen LogP contribution >= 0.6 is 11.8 Å². The lowest BCUT2D eigenvalue weighted by atomic mass is 9.82. The Morgan fingerprint density at radius 3 is 2.65 bits per heavy atom. The fourth-order valence-electron chi connectivity index (χ4n) is 3.55. The zero-order valence-electron chi connectivity index (χ0n) is 10.8. The third-order valence-electron chi connectivity index (χ3n) is 4.52. The summed E-state index contributed by atoms with van der Waals surface area (Å²) in [7, 11) is 0. The molecule has 0 saturated carbocycles. The summed E-state index contributed by atoms with van der Waals surface area (Å²) in [6.45, 7) is 5.26. The van der Waals surface area contributed by atoms with Gasteiger partial charge in [-0.3, -0.25) is 4.90 Å². The molecule has 3 aliphatic heterocycles. The lowest BCUT2D eigenvalue weighted by molar-refractivity contribution is -0.124. The van der Waals surface area contributed by atoms with E-state index in [9.17, 15) is 0 Å². The van der Waals surface area contributed by atoms with Crippen molar-refractivity contribution < 1.29 is 4.74 Å². The first-order chi connectivity index (χ1) is 8.09. The van der Waals surface area contributed by atoms with Gasteiger partial charge in [-0.2, -0.15) is 11.8 Å². The molecule has 0 radical (unpaired) electrons. The second-order valence-electron chi connectivity index (χ2n) is 6.35. The molecule has 1 atom stereocenters. The Labute approximate surface area is 108 Å². The predicted octanol–water partition coefficient (Wildman–Crippen LogP) is 1.46. The second kappa shape index (κ2) is 4.41. The molecule has 0 aromatic heterocycles. The van der Waals surface area contributed by atoms with Gasteiger partial charge in [-0.25, -0.2) is 0 Å². The number of ether oxygens (including phenoxy) is 1. The van der Waals surface area contributed by atoms with Crippen LogP contribution in [0.3, 0.4) is 0 Å². The molecule has 0 aromatic rings. The van der Waals surface area contributed by atoms with Crippen LogP contribution in [0.25, 0.3) is 0 Å². The van der Waals surface area contributed by atoms with Crippen LogP contribution in [0.1, 0.15) is 32.6 Å². The van der Waals surface area contributed by atoms with Crippen molar-refractivity contribution >= 4 is 11.8 Å². The van der Waals surface area contributed by atoms with Gasteiger partial charge < -0.3 is 10.5 Å². The number of rotatable bonds is 1. The van der Waals surface area contributed by atoms with Gasteiger partial charge in [-0.05, 0) is 44.1 Å². The Kier molecular flexibility index (Phi) is 3.18. The van der Waals surface area contributed by atoms with Gasteiger partial charge in [-0.1, -0.05) is 0 Å². The number of thioether (sulfide) groups is 1. The Balaban J connectivity index is 1.60. The van der Waals surface area contributed by atoms with Crippen LogP contribution in [0.2, 0.25) is 0 Å².